The highest BCUT2D eigenvalue weighted by molar-refractivity contribution is 6.17. The fraction of sp³-hybridized carbons (Fsp3) is 0. The number of furan rings is 1. The average Bonchev–Trinajstić information content (AvgIpc) is 3.00. The van der Waals surface area contributed by atoms with Crippen molar-refractivity contribution in [2.45, 2.75) is 0 Å². The summed E-state index contributed by atoms with van der Waals surface area (Å²) in [4.78, 5) is 3.31. The maximum Gasteiger partial charge on any atom is 0.160 e. The zero-order valence-electron chi connectivity index (χ0n) is 11.4. The van der Waals surface area contributed by atoms with Gasteiger partial charge in [0.05, 0.1) is 11.0 Å². The number of benzene rings is 3. The van der Waals surface area contributed by atoms with Crippen molar-refractivity contribution in [3.05, 3.63) is 48.5 Å². The number of rotatable bonds is 0. The van der Waals surface area contributed by atoms with Crippen molar-refractivity contribution < 1.29 is 14.6 Å². The number of phenolic OH excluding ortho intramolecular Hbond substituents is 2. The molecule has 0 aliphatic heterocycles. The fourth-order valence-electron chi connectivity index (χ4n) is 3.11. The van der Waals surface area contributed by atoms with E-state index in [2.05, 4.69) is 4.98 Å². The van der Waals surface area contributed by atoms with Crippen LogP contribution in [-0.4, -0.2) is 15.2 Å². The minimum Gasteiger partial charge on any atom is -0.508 e. The van der Waals surface area contributed by atoms with Crippen LogP contribution in [0, 0.1) is 0 Å². The van der Waals surface area contributed by atoms with E-state index >= 15 is 0 Å². The molecule has 0 fully saturated rings. The molecule has 2 aromatic heterocycles. The summed E-state index contributed by atoms with van der Waals surface area (Å²) in [7, 11) is 0. The molecule has 3 N–H and O–H groups in total. The van der Waals surface area contributed by atoms with Crippen LogP contribution in [0.25, 0.3) is 43.7 Å². The van der Waals surface area contributed by atoms with Gasteiger partial charge in [-0.2, -0.15) is 0 Å². The van der Waals surface area contributed by atoms with Crippen LogP contribution in [-0.2, 0) is 0 Å². The largest absolute Gasteiger partial charge is 0.508 e. The molecule has 0 spiro atoms. The van der Waals surface area contributed by atoms with Crippen molar-refractivity contribution in [2.24, 2.45) is 0 Å². The minimum atomic E-state index is 0.224. The molecule has 0 amide bonds. The minimum absolute atomic E-state index is 0.224. The van der Waals surface area contributed by atoms with E-state index in [0.717, 1.165) is 43.7 Å². The van der Waals surface area contributed by atoms with E-state index in [1.54, 1.807) is 24.3 Å². The Hall–Kier alpha value is -3.14. The molecule has 0 unspecified atom stereocenters. The molecular weight excluding hydrogens is 278 g/mol. The van der Waals surface area contributed by atoms with E-state index in [1.807, 2.05) is 24.3 Å². The van der Waals surface area contributed by atoms with Crippen molar-refractivity contribution in [1.29, 1.82) is 0 Å². The zero-order valence-corrected chi connectivity index (χ0v) is 11.4. The number of hydrogen-bond donors (Lipinski definition) is 3. The van der Waals surface area contributed by atoms with Gasteiger partial charge in [0.2, 0.25) is 0 Å². The third-order valence-electron chi connectivity index (χ3n) is 4.14. The normalized spacial score (nSPS) is 12.0. The summed E-state index contributed by atoms with van der Waals surface area (Å²) in [6, 6.07) is 14.5. The lowest BCUT2D eigenvalue weighted by molar-refractivity contribution is 0.475. The van der Waals surface area contributed by atoms with Gasteiger partial charge in [-0.3, -0.25) is 0 Å². The van der Waals surface area contributed by atoms with Crippen LogP contribution in [0.1, 0.15) is 0 Å². The second-order valence-corrected chi connectivity index (χ2v) is 5.54. The average molecular weight is 289 g/mol. The number of hydrogen-bond acceptors (Lipinski definition) is 3. The highest BCUT2D eigenvalue weighted by Crippen LogP contribution is 2.37. The first-order valence-electron chi connectivity index (χ1n) is 6.99. The molecule has 106 valence electrons. The predicted molar refractivity (Wildman–Crippen MR) is 86.4 cm³/mol. The molecule has 4 nitrogen and oxygen atoms in total. The van der Waals surface area contributed by atoms with Crippen LogP contribution >= 0.6 is 0 Å². The number of phenols is 2. The van der Waals surface area contributed by atoms with Crippen LogP contribution in [0.3, 0.4) is 0 Å². The Morgan fingerprint density at radius 1 is 0.773 bits per heavy atom. The summed E-state index contributed by atoms with van der Waals surface area (Å²) < 4.78 is 6.00. The van der Waals surface area contributed by atoms with E-state index < -0.39 is 0 Å². The molecule has 5 aromatic rings. The number of aromatic nitrogens is 1. The van der Waals surface area contributed by atoms with Gasteiger partial charge in [-0.15, -0.1) is 0 Å². The van der Waals surface area contributed by atoms with Gasteiger partial charge in [0.1, 0.15) is 17.1 Å². The summed E-state index contributed by atoms with van der Waals surface area (Å²) in [6.45, 7) is 0. The van der Waals surface area contributed by atoms with Crippen LogP contribution in [0.5, 0.6) is 11.5 Å². The Balaban J connectivity index is 1.97. The van der Waals surface area contributed by atoms with Crippen molar-refractivity contribution >= 4 is 43.7 Å². The summed E-state index contributed by atoms with van der Waals surface area (Å²) in [6.07, 6.45) is 0. The number of fused-ring (bicyclic) bond motifs is 6. The monoisotopic (exact) mass is 289 g/mol. The zero-order chi connectivity index (χ0) is 14.8. The van der Waals surface area contributed by atoms with Gasteiger partial charge >= 0.3 is 0 Å². The number of nitrogens with one attached hydrogen (secondary N) is 1. The van der Waals surface area contributed by atoms with Crippen molar-refractivity contribution in [1.82, 2.24) is 4.98 Å². The van der Waals surface area contributed by atoms with Crippen molar-refractivity contribution in [3.8, 4) is 11.5 Å². The molecule has 4 heteroatoms. The second kappa shape index (κ2) is 3.74. The summed E-state index contributed by atoms with van der Waals surface area (Å²) in [5.41, 5.74) is 3.32. The Morgan fingerprint density at radius 3 is 2.50 bits per heavy atom. The second-order valence-electron chi connectivity index (χ2n) is 5.54. The van der Waals surface area contributed by atoms with Crippen LogP contribution in [0.15, 0.2) is 52.9 Å². The van der Waals surface area contributed by atoms with Crippen molar-refractivity contribution in [2.75, 3.05) is 0 Å². The highest BCUT2D eigenvalue weighted by Gasteiger charge is 2.14. The lowest BCUT2D eigenvalue weighted by Gasteiger charge is -1.99. The molecule has 3 aromatic carbocycles. The Labute approximate surface area is 124 Å². The van der Waals surface area contributed by atoms with Gasteiger partial charge in [-0.1, -0.05) is 6.07 Å². The maximum absolute atomic E-state index is 9.61. The predicted octanol–water partition coefficient (Wildman–Crippen LogP) is 4.63. The molecule has 0 atom stereocenters. The molecule has 5 rings (SSSR count). The SMILES string of the molecule is Oc1ccc2cc3c(cc2c1)oc1c2ccc(O)cc2[nH]c31. The third-order valence-corrected chi connectivity index (χ3v) is 4.14. The fourth-order valence-corrected chi connectivity index (χ4v) is 3.11. The number of H-pyrrole nitrogens is 1. The number of aromatic hydroxyl groups is 2. The summed E-state index contributed by atoms with van der Waals surface area (Å²) >= 11 is 0. The van der Waals surface area contributed by atoms with Gasteiger partial charge in [-0.25, -0.2) is 0 Å². The van der Waals surface area contributed by atoms with E-state index in [9.17, 15) is 10.2 Å². The van der Waals surface area contributed by atoms with Gasteiger partial charge in [0.25, 0.3) is 0 Å². The smallest absolute Gasteiger partial charge is 0.160 e. The van der Waals surface area contributed by atoms with Crippen LogP contribution < -0.4 is 0 Å². The first-order valence-corrected chi connectivity index (χ1v) is 6.99. The molecular formula is C18H11NO3. The molecule has 0 aliphatic rings. The Morgan fingerprint density at radius 2 is 1.59 bits per heavy atom. The first kappa shape index (κ1) is 11.5. The van der Waals surface area contributed by atoms with Gasteiger partial charge in [0, 0.05) is 16.8 Å². The first-order chi connectivity index (χ1) is 10.7. The van der Waals surface area contributed by atoms with E-state index in [1.165, 1.54) is 0 Å². The third kappa shape index (κ3) is 1.41. The van der Waals surface area contributed by atoms with Gasteiger partial charge in [-0.05, 0) is 47.2 Å². The van der Waals surface area contributed by atoms with E-state index in [0.29, 0.717) is 0 Å². The molecule has 0 saturated heterocycles. The lowest BCUT2D eigenvalue weighted by Crippen LogP contribution is -1.74. The Kier molecular flexibility index (Phi) is 1.96. The molecule has 0 bridgehead atoms. The lowest BCUT2D eigenvalue weighted by atomic mass is 10.1. The molecule has 22 heavy (non-hydrogen) atoms. The molecule has 0 aliphatic carbocycles. The van der Waals surface area contributed by atoms with E-state index in [4.69, 9.17) is 4.42 Å². The van der Waals surface area contributed by atoms with Crippen molar-refractivity contribution in [3.63, 3.8) is 0 Å². The van der Waals surface area contributed by atoms with Crippen LogP contribution in [0.4, 0.5) is 0 Å². The van der Waals surface area contributed by atoms with Gasteiger partial charge in [0.15, 0.2) is 5.58 Å². The standard InChI is InChI=1S/C18H11NO3/c20-11-2-1-9-6-14-16(7-10(9)5-11)22-18-13-4-3-12(21)8-15(13)19-17(14)18/h1-8,19-21H. The Bertz CT molecular complexity index is 1180. The quantitative estimate of drug-likeness (QED) is 0.389. The molecule has 0 radical (unpaired) electrons. The molecule has 2 heterocycles. The van der Waals surface area contributed by atoms with E-state index in [-0.39, 0.29) is 11.5 Å². The summed E-state index contributed by atoms with van der Waals surface area (Å²) in [5, 5.41) is 23.1. The number of aromatic amines is 1. The maximum atomic E-state index is 9.61. The summed E-state index contributed by atoms with van der Waals surface area (Å²) in [5.74, 6) is 0.464. The highest BCUT2D eigenvalue weighted by atomic mass is 16.3. The molecule has 0 saturated carbocycles. The topological polar surface area (TPSA) is 69.4 Å². The van der Waals surface area contributed by atoms with Crippen LogP contribution in [0.2, 0.25) is 0 Å². The van der Waals surface area contributed by atoms with Gasteiger partial charge < -0.3 is 19.6 Å².